The van der Waals surface area contributed by atoms with Crippen LogP contribution < -0.4 is 5.32 Å². The zero-order valence-electron chi connectivity index (χ0n) is 11.9. The van der Waals surface area contributed by atoms with Crippen LogP contribution in [0.15, 0.2) is 12.3 Å². The van der Waals surface area contributed by atoms with E-state index in [9.17, 15) is 0 Å². The lowest BCUT2D eigenvalue weighted by Crippen LogP contribution is -2.61. The topological polar surface area (TPSA) is 41.1 Å². The second-order valence-electron chi connectivity index (χ2n) is 5.98. The first kappa shape index (κ1) is 13.0. The van der Waals surface area contributed by atoms with Crippen molar-refractivity contribution in [3.63, 3.8) is 0 Å². The Morgan fingerprint density at radius 1 is 1.32 bits per heavy atom. The fourth-order valence-corrected chi connectivity index (χ4v) is 3.62. The minimum Gasteiger partial charge on any atom is -0.314 e. The van der Waals surface area contributed by atoms with Crippen LogP contribution in [0.2, 0.25) is 0 Å². The Kier molecular flexibility index (Phi) is 3.80. The van der Waals surface area contributed by atoms with Crippen LogP contribution in [-0.4, -0.2) is 40.0 Å². The summed E-state index contributed by atoms with van der Waals surface area (Å²) >= 11 is 0. The van der Waals surface area contributed by atoms with Gasteiger partial charge in [-0.1, -0.05) is 19.3 Å². The van der Waals surface area contributed by atoms with Gasteiger partial charge in [-0.15, -0.1) is 0 Å². The van der Waals surface area contributed by atoms with E-state index >= 15 is 0 Å². The molecular weight excluding hydrogens is 236 g/mol. The van der Waals surface area contributed by atoms with E-state index in [4.69, 9.17) is 0 Å². The number of piperazine rings is 1. The maximum absolute atomic E-state index is 4.57. The van der Waals surface area contributed by atoms with E-state index in [0.29, 0.717) is 5.54 Å². The summed E-state index contributed by atoms with van der Waals surface area (Å²) in [5.41, 5.74) is 1.55. The molecule has 104 valence electrons. The average molecular weight is 260 g/mol. The highest BCUT2D eigenvalue weighted by molar-refractivity contribution is 5.05. The molecule has 1 saturated carbocycles. The summed E-state index contributed by atoms with van der Waals surface area (Å²) in [6, 6.07) is 2.06. The van der Waals surface area contributed by atoms with Crippen molar-refractivity contribution in [2.75, 3.05) is 19.6 Å². The predicted octanol–water partition coefficient (Wildman–Crippen LogP) is 1.89. The number of nitrogens with zero attached hydrogens (tertiary/aromatic N) is 3. The van der Waals surface area contributed by atoms with Crippen molar-refractivity contribution in [1.29, 1.82) is 0 Å². The van der Waals surface area contributed by atoms with Crippen molar-refractivity contribution < 1.29 is 0 Å². The molecule has 0 unspecified atom stereocenters. The maximum Gasteiger partial charge on any atom is 0.125 e. The second kappa shape index (κ2) is 5.55. The number of hydrogen-bond acceptors (Lipinski definition) is 4. The van der Waals surface area contributed by atoms with Crippen LogP contribution in [0.25, 0.3) is 0 Å². The van der Waals surface area contributed by atoms with Gasteiger partial charge in [0.1, 0.15) is 5.82 Å². The number of nitrogens with one attached hydrogen (secondary N) is 1. The standard InChI is InChI=1S/C15H24N4/c1-13-17-8-5-14(18-13)11-19-10-9-16-12-15(19)6-3-2-4-7-15/h5,8,16H,2-4,6-7,9-12H2,1H3. The van der Waals surface area contributed by atoms with Crippen LogP contribution in [-0.2, 0) is 6.54 Å². The Bertz CT molecular complexity index is 418. The third-order valence-electron chi connectivity index (χ3n) is 4.65. The fraction of sp³-hybridized carbons (Fsp3) is 0.733. The molecule has 1 spiro atoms. The molecule has 1 aromatic rings. The Labute approximate surface area is 115 Å². The Morgan fingerprint density at radius 3 is 2.95 bits per heavy atom. The molecule has 3 rings (SSSR count). The number of aryl methyl sites for hydroxylation is 1. The predicted molar refractivity (Wildman–Crippen MR) is 75.9 cm³/mol. The number of hydrogen-bond donors (Lipinski definition) is 1. The van der Waals surface area contributed by atoms with Crippen molar-refractivity contribution in [3.8, 4) is 0 Å². The Hall–Kier alpha value is -1.00. The molecule has 2 aliphatic rings. The van der Waals surface area contributed by atoms with Crippen molar-refractivity contribution in [2.24, 2.45) is 0 Å². The van der Waals surface area contributed by atoms with Gasteiger partial charge in [0.05, 0.1) is 5.69 Å². The molecule has 2 heterocycles. The van der Waals surface area contributed by atoms with Crippen LogP contribution in [0.3, 0.4) is 0 Å². The third kappa shape index (κ3) is 2.79. The highest BCUT2D eigenvalue weighted by atomic mass is 15.3. The van der Waals surface area contributed by atoms with Crippen molar-refractivity contribution in [3.05, 3.63) is 23.8 Å². The van der Waals surface area contributed by atoms with Gasteiger partial charge in [-0.2, -0.15) is 0 Å². The van der Waals surface area contributed by atoms with Gasteiger partial charge in [0, 0.05) is 37.9 Å². The summed E-state index contributed by atoms with van der Waals surface area (Å²) in [6.07, 6.45) is 8.71. The second-order valence-corrected chi connectivity index (χ2v) is 5.98. The largest absolute Gasteiger partial charge is 0.314 e. The Morgan fingerprint density at radius 2 is 2.16 bits per heavy atom. The highest BCUT2D eigenvalue weighted by Crippen LogP contribution is 2.35. The smallest absolute Gasteiger partial charge is 0.125 e. The van der Waals surface area contributed by atoms with Gasteiger partial charge < -0.3 is 5.32 Å². The molecule has 1 aliphatic carbocycles. The van der Waals surface area contributed by atoms with E-state index in [1.807, 2.05) is 13.1 Å². The first-order valence-corrected chi connectivity index (χ1v) is 7.53. The SMILES string of the molecule is Cc1nccc(CN2CCNCC23CCCCC3)n1. The molecule has 1 N–H and O–H groups in total. The zero-order chi connectivity index (χ0) is 13.1. The van der Waals surface area contributed by atoms with Gasteiger partial charge in [0.15, 0.2) is 0 Å². The fourth-order valence-electron chi connectivity index (χ4n) is 3.62. The third-order valence-corrected chi connectivity index (χ3v) is 4.65. The first-order chi connectivity index (χ1) is 9.28. The van der Waals surface area contributed by atoms with Crippen LogP contribution in [0.1, 0.15) is 43.6 Å². The molecule has 19 heavy (non-hydrogen) atoms. The molecule has 0 aromatic carbocycles. The molecule has 4 nitrogen and oxygen atoms in total. The van der Waals surface area contributed by atoms with Gasteiger partial charge in [-0.3, -0.25) is 4.90 Å². The summed E-state index contributed by atoms with van der Waals surface area (Å²) in [5.74, 6) is 0.880. The van der Waals surface area contributed by atoms with Crippen LogP contribution in [0.4, 0.5) is 0 Å². The van der Waals surface area contributed by atoms with Gasteiger partial charge in [0.2, 0.25) is 0 Å². The summed E-state index contributed by atoms with van der Waals surface area (Å²) in [5, 5.41) is 3.60. The molecular formula is C15H24N4. The lowest BCUT2D eigenvalue weighted by Gasteiger charge is -2.49. The van der Waals surface area contributed by atoms with Crippen LogP contribution in [0.5, 0.6) is 0 Å². The lowest BCUT2D eigenvalue weighted by molar-refractivity contribution is 0.0199. The minimum absolute atomic E-state index is 0.384. The summed E-state index contributed by atoms with van der Waals surface area (Å²) in [4.78, 5) is 11.4. The number of aromatic nitrogens is 2. The molecule has 0 radical (unpaired) electrons. The Balaban J connectivity index is 1.77. The monoisotopic (exact) mass is 260 g/mol. The molecule has 0 atom stereocenters. The van der Waals surface area contributed by atoms with E-state index in [0.717, 1.165) is 32.0 Å². The van der Waals surface area contributed by atoms with Crippen LogP contribution in [0, 0.1) is 6.92 Å². The molecule has 4 heteroatoms. The summed E-state index contributed by atoms with van der Waals surface area (Å²) in [7, 11) is 0. The highest BCUT2D eigenvalue weighted by Gasteiger charge is 2.39. The average Bonchev–Trinajstić information content (AvgIpc) is 2.43. The van der Waals surface area contributed by atoms with E-state index in [2.05, 4.69) is 26.3 Å². The molecule has 0 amide bonds. The summed E-state index contributed by atoms with van der Waals surface area (Å²) in [6.45, 7) is 6.34. The van der Waals surface area contributed by atoms with Crippen molar-refractivity contribution in [1.82, 2.24) is 20.2 Å². The van der Waals surface area contributed by atoms with E-state index < -0.39 is 0 Å². The normalized spacial score (nSPS) is 23.6. The quantitative estimate of drug-likeness (QED) is 0.881. The van der Waals surface area contributed by atoms with Gasteiger partial charge in [0.25, 0.3) is 0 Å². The lowest BCUT2D eigenvalue weighted by atomic mass is 9.79. The molecule has 1 aliphatic heterocycles. The zero-order valence-corrected chi connectivity index (χ0v) is 11.9. The molecule has 1 saturated heterocycles. The minimum atomic E-state index is 0.384. The van der Waals surface area contributed by atoms with Crippen LogP contribution >= 0.6 is 0 Å². The van der Waals surface area contributed by atoms with E-state index in [1.165, 1.54) is 37.8 Å². The summed E-state index contributed by atoms with van der Waals surface area (Å²) < 4.78 is 0. The van der Waals surface area contributed by atoms with Gasteiger partial charge in [-0.05, 0) is 25.8 Å². The first-order valence-electron chi connectivity index (χ1n) is 7.53. The van der Waals surface area contributed by atoms with E-state index in [-0.39, 0.29) is 0 Å². The molecule has 1 aromatic heterocycles. The maximum atomic E-state index is 4.57. The van der Waals surface area contributed by atoms with E-state index in [1.54, 1.807) is 0 Å². The number of rotatable bonds is 2. The van der Waals surface area contributed by atoms with Crippen molar-refractivity contribution >= 4 is 0 Å². The molecule has 0 bridgehead atoms. The molecule has 2 fully saturated rings. The van der Waals surface area contributed by atoms with Gasteiger partial charge in [-0.25, -0.2) is 9.97 Å². The van der Waals surface area contributed by atoms with Gasteiger partial charge >= 0.3 is 0 Å². The van der Waals surface area contributed by atoms with Crippen molar-refractivity contribution in [2.45, 2.75) is 51.1 Å².